The lowest BCUT2D eigenvalue weighted by molar-refractivity contribution is -0.137. The van der Waals surface area contributed by atoms with Crippen LogP contribution in [0.25, 0.3) is 16.6 Å². The first kappa shape index (κ1) is 23.5. The molecule has 0 saturated carbocycles. The van der Waals surface area contributed by atoms with Gasteiger partial charge >= 0.3 is 6.03 Å². The maximum Gasteiger partial charge on any atom is 0.344 e. The third kappa shape index (κ3) is 4.16. The van der Waals surface area contributed by atoms with Crippen LogP contribution in [0.4, 0.5) is 4.79 Å². The quantitative estimate of drug-likeness (QED) is 0.319. The smallest absolute Gasteiger partial charge is 0.322 e. The van der Waals surface area contributed by atoms with Crippen molar-refractivity contribution in [3.05, 3.63) is 63.9 Å². The molecule has 9 nitrogen and oxygen atoms in total. The van der Waals surface area contributed by atoms with Crippen LogP contribution in [0.3, 0.4) is 0 Å². The summed E-state index contributed by atoms with van der Waals surface area (Å²) in [6.07, 6.45) is 0.391. The molecule has 4 rings (SSSR count). The molecule has 10 heteroatoms. The van der Waals surface area contributed by atoms with Gasteiger partial charge in [0.25, 0.3) is 11.5 Å². The predicted octanol–water partition coefficient (Wildman–Crippen LogP) is 2.85. The zero-order chi connectivity index (χ0) is 24.6. The van der Waals surface area contributed by atoms with Crippen molar-refractivity contribution in [2.75, 3.05) is 5.75 Å². The highest BCUT2D eigenvalue weighted by atomic mass is 32.2. The minimum absolute atomic E-state index is 0.157. The molecule has 0 bridgehead atoms. The van der Waals surface area contributed by atoms with E-state index in [1.165, 1.54) is 4.57 Å². The Morgan fingerprint density at radius 2 is 1.88 bits per heavy atom. The minimum atomic E-state index is -1.05. The highest BCUT2D eigenvalue weighted by Gasteiger charge is 2.47. The molecule has 1 atom stereocenters. The first-order valence-electron chi connectivity index (χ1n) is 10.8. The van der Waals surface area contributed by atoms with Crippen molar-refractivity contribution in [3.63, 3.8) is 0 Å². The van der Waals surface area contributed by atoms with E-state index < -0.39 is 23.4 Å². The second-order valence-corrected chi connectivity index (χ2v) is 9.36. The third-order valence-electron chi connectivity index (χ3n) is 5.89. The number of carbonyl (C=O) groups excluding carboxylic acids is 3. The van der Waals surface area contributed by atoms with E-state index in [4.69, 9.17) is 0 Å². The molecule has 4 amide bonds. The highest BCUT2D eigenvalue weighted by molar-refractivity contribution is 7.99. The average Bonchev–Trinajstić information content (AvgIpc) is 3.03. The summed E-state index contributed by atoms with van der Waals surface area (Å²) in [5, 5.41) is 4.10. The lowest BCUT2D eigenvalue weighted by Crippen LogP contribution is -2.49. The zero-order valence-electron chi connectivity index (χ0n) is 19.3. The molecule has 1 fully saturated rings. The van der Waals surface area contributed by atoms with Crippen molar-refractivity contribution in [2.45, 2.75) is 44.8 Å². The first-order chi connectivity index (χ1) is 16.1. The number of benzene rings is 2. The largest absolute Gasteiger partial charge is 0.344 e. The number of hydrogen-bond acceptors (Lipinski definition) is 6. The van der Waals surface area contributed by atoms with Crippen molar-refractivity contribution in [1.29, 1.82) is 0 Å². The number of nitrogens with one attached hydrogen (secondary N) is 2. The fourth-order valence-corrected chi connectivity index (χ4v) is 4.49. The number of hydrazine groups is 1. The number of rotatable bonds is 6. The van der Waals surface area contributed by atoms with Crippen LogP contribution < -0.4 is 16.3 Å². The summed E-state index contributed by atoms with van der Waals surface area (Å²) in [5.41, 5.74) is 4.13. The summed E-state index contributed by atoms with van der Waals surface area (Å²) in [6.45, 7) is 7.22. The SMILES string of the molecule is CCC1(C)NC(=O)N(NC(=O)CSc2nc3ccccc3c(=O)n2-c2cc(C)ccc2C)C1=O. The molecule has 2 N–H and O–H groups in total. The Kier molecular flexibility index (Phi) is 6.18. The third-order valence-corrected chi connectivity index (χ3v) is 6.83. The zero-order valence-corrected chi connectivity index (χ0v) is 20.2. The number of nitrogens with zero attached hydrogens (tertiary/aromatic N) is 3. The Labute approximate surface area is 200 Å². The maximum atomic E-state index is 13.4. The summed E-state index contributed by atoms with van der Waals surface area (Å²) in [7, 11) is 0. The summed E-state index contributed by atoms with van der Waals surface area (Å²) in [6, 6.07) is 12.1. The number of imide groups is 1. The van der Waals surface area contributed by atoms with Crippen LogP contribution in [0, 0.1) is 13.8 Å². The van der Waals surface area contributed by atoms with Crippen LogP contribution in [0.2, 0.25) is 0 Å². The van der Waals surface area contributed by atoms with Crippen molar-refractivity contribution in [1.82, 2.24) is 25.3 Å². The summed E-state index contributed by atoms with van der Waals surface area (Å²) in [4.78, 5) is 55.5. The topological polar surface area (TPSA) is 113 Å². The molecule has 176 valence electrons. The molecule has 1 aromatic heterocycles. The van der Waals surface area contributed by atoms with E-state index in [1.807, 2.05) is 32.0 Å². The number of fused-ring (bicyclic) bond motifs is 1. The number of aryl methyl sites for hydroxylation is 2. The Morgan fingerprint density at radius 1 is 1.15 bits per heavy atom. The standard InChI is InChI=1S/C24H25N5O4S/c1-5-24(4)21(32)29(22(33)26-24)27-19(30)13-34-23-25-17-9-7-6-8-16(17)20(31)28(23)18-12-14(2)10-11-15(18)3/h6-12H,5,13H2,1-4H3,(H,26,33)(H,27,30). The predicted molar refractivity (Wildman–Crippen MR) is 130 cm³/mol. The van der Waals surface area contributed by atoms with E-state index in [1.54, 1.807) is 38.1 Å². The molecule has 1 saturated heterocycles. The lowest BCUT2D eigenvalue weighted by Gasteiger charge is -2.19. The van der Waals surface area contributed by atoms with E-state index >= 15 is 0 Å². The van der Waals surface area contributed by atoms with Crippen LogP contribution in [0.15, 0.2) is 52.4 Å². The van der Waals surface area contributed by atoms with E-state index in [-0.39, 0.29) is 11.3 Å². The molecule has 2 heterocycles. The molecular weight excluding hydrogens is 454 g/mol. The van der Waals surface area contributed by atoms with Gasteiger partial charge in [0.05, 0.1) is 22.3 Å². The van der Waals surface area contributed by atoms with Gasteiger partial charge in [-0.05, 0) is 56.5 Å². The number of thioether (sulfide) groups is 1. The van der Waals surface area contributed by atoms with Crippen LogP contribution in [-0.2, 0) is 9.59 Å². The first-order valence-corrected chi connectivity index (χ1v) is 11.8. The number of hydrogen-bond donors (Lipinski definition) is 2. The maximum absolute atomic E-state index is 13.4. The number of urea groups is 1. The molecule has 0 radical (unpaired) electrons. The van der Waals surface area contributed by atoms with Gasteiger partial charge in [-0.15, -0.1) is 0 Å². The minimum Gasteiger partial charge on any atom is -0.322 e. The number of amides is 4. The monoisotopic (exact) mass is 479 g/mol. The Morgan fingerprint density at radius 3 is 2.59 bits per heavy atom. The van der Waals surface area contributed by atoms with Crippen LogP contribution in [0.5, 0.6) is 0 Å². The van der Waals surface area contributed by atoms with Crippen molar-refractivity contribution < 1.29 is 14.4 Å². The fraction of sp³-hybridized carbons (Fsp3) is 0.292. The molecule has 0 aliphatic carbocycles. The van der Waals surface area contributed by atoms with Gasteiger partial charge in [-0.3, -0.25) is 24.4 Å². The van der Waals surface area contributed by atoms with E-state index in [0.717, 1.165) is 22.9 Å². The molecule has 34 heavy (non-hydrogen) atoms. The molecule has 2 aromatic carbocycles. The average molecular weight is 480 g/mol. The number of para-hydroxylation sites is 1. The Balaban J connectivity index is 1.65. The Hall–Kier alpha value is -3.66. The Bertz CT molecular complexity index is 1390. The van der Waals surface area contributed by atoms with Gasteiger partial charge in [0, 0.05) is 0 Å². The van der Waals surface area contributed by atoms with E-state index in [2.05, 4.69) is 15.7 Å². The van der Waals surface area contributed by atoms with E-state index in [9.17, 15) is 19.2 Å². The molecule has 1 aliphatic heterocycles. The van der Waals surface area contributed by atoms with Gasteiger partial charge in [0.15, 0.2) is 5.16 Å². The fourth-order valence-electron chi connectivity index (χ4n) is 3.69. The van der Waals surface area contributed by atoms with Crippen molar-refractivity contribution in [3.8, 4) is 5.69 Å². The molecule has 3 aromatic rings. The molecule has 1 aliphatic rings. The van der Waals surface area contributed by atoms with Crippen LogP contribution in [-0.4, -0.2) is 43.7 Å². The van der Waals surface area contributed by atoms with Gasteiger partial charge in [0.1, 0.15) is 5.54 Å². The highest BCUT2D eigenvalue weighted by Crippen LogP contribution is 2.24. The summed E-state index contributed by atoms with van der Waals surface area (Å²) < 4.78 is 1.50. The number of carbonyl (C=O) groups is 3. The second kappa shape index (κ2) is 8.94. The summed E-state index contributed by atoms with van der Waals surface area (Å²) >= 11 is 1.06. The molecular formula is C24H25N5O4S. The summed E-state index contributed by atoms with van der Waals surface area (Å²) in [5.74, 6) is -1.24. The van der Waals surface area contributed by atoms with Gasteiger partial charge in [-0.1, -0.05) is 43.0 Å². The van der Waals surface area contributed by atoms with E-state index in [0.29, 0.717) is 33.2 Å². The van der Waals surface area contributed by atoms with Crippen LogP contribution in [0.1, 0.15) is 31.4 Å². The van der Waals surface area contributed by atoms with Crippen molar-refractivity contribution in [2.24, 2.45) is 0 Å². The van der Waals surface area contributed by atoms with Gasteiger partial charge in [-0.25, -0.2) is 9.78 Å². The lowest BCUT2D eigenvalue weighted by atomic mass is 10.00. The number of aromatic nitrogens is 2. The molecule has 1 unspecified atom stereocenters. The van der Waals surface area contributed by atoms with Gasteiger partial charge < -0.3 is 5.32 Å². The second-order valence-electron chi connectivity index (χ2n) is 8.42. The molecule has 0 spiro atoms. The van der Waals surface area contributed by atoms with Gasteiger partial charge in [-0.2, -0.15) is 5.01 Å². The normalized spacial score (nSPS) is 17.8. The van der Waals surface area contributed by atoms with Crippen LogP contribution >= 0.6 is 11.8 Å². The van der Waals surface area contributed by atoms with Gasteiger partial charge in [0.2, 0.25) is 5.91 Å². The van der Waals surface area contributed by atoms with Crippen molar-refractivity contribution >= 4 is 40.5 Å².